The topological polar surface area (TPSA) is 92.4 Å². The molecule has 116 valence electrons. The third-order valence-electron chi connectivity index (χ3n) is 3.35. The molecule has 1 aromatic carbocycles. The lowest BCUT2D eigenvalue weighted by molar-refractivity contribution is -0.139. The van der Waals surface area contributed by atoms with E-state index in [0.29, 0.717) is 6.54 Å². The van der Waals surface area contributed by atoms with Crippen LogP contribution in [0.3, 0.4) is 0 Å². The van der Waals surface area contributed by atoms with E-state index in [9.17, 15) is 9.59 Å². The third-order valence-corrected chi connectivity index (χ3v) is 3.35. The number of carbonyl (C=O) groups is 2. The van der Waals surface area contributed by atoms with Gasteiger partial charge in [0.2, 0.25) is 5.91 Å². The van der Waals surface area contributed by atoms with Crippen molar-refractivity contribution in [2.75, 3.05) is 0 Å². The standard InChI is InChI=1S/C16H24N2O3/c1-16(2,3)12-6-4-11(5-7-12)10-18-13(15(20)21)8-9-14(17)19/h4-7,13,18H,8-10H2,1-3H3,(H2,17,19)(H,20,21)/t13-/m0/s1. The molecule has 0 aliphatic carbocycles. The molecular formula is C16H24N2O3. The zero-order valence-corrected chi connectivity index (χ0v) is 12.8. The molecule has 0 bridgehead atoms. The monoisotopic (exact) mass is 292 g/mol. The molecule has 1 rings (SSSR count). The van der Waals surface area contributed by atoms with Crippen molar-refractivity contribution in [3.05, 3.63) is 35.4 Å². The highest BCUT2D eigenvalue weighted by atomic mass is 16.4. The Balaban J connectivity index is 2.59. The van der Waals surface area contributed by atoms with Crippen LogP contribution < -0.4 is 11.1 Å². The summed E-state index contributed by atoms with van der Waals surface area (Å²) in [6, 6.07) is 7.31. The van der Waals surface area contributed by atoms with E-state index in [1.807, 2.05) is 12.1 Å². The SMILES string of the molecule is CC(C)(C)c1ccc(CN[C@@H](CCC(N)=O)C(=O)O)cc1. The van der Waals surface area contributed by atoms with Gasteiger partial charge in [-0.15, -0.1) is 0 Å². The number of benzene rings is 1. The summed E-state index contributed by atoms with van der Waals surface area (Å²) >= 11 is 0. The Hall–Kier alpha value is -1.88. The van der Waals surface area contributed by atoms with Crippen molar-refractivity contribution in [1.82, 2.24) is 5.32 Å². The maximum atomic E-state index is 11.1. The first-order valence-corrected chi connectivity index (χ1v) is 7.04. The van der Waals surface area contributed by atoms with Gasteiger partial charge >= 0.3 is 5.97 Å². The number of carbonyl (C=O) groups excluding carboxylic acids is 1. The quantitative estimate of drug-likeness (QED) is 0.714. The van der Waals surface area contributed by atoms with Gasteiger partial charge in [-0.3, -0.25) is 9.59 Å². The van der Waals surface area contributed by atoms with Gasteiger partial charge < -0.3 is 16.2 Å². The molecule has 0 aliphatic rings. The first-order valence-electron chi connectivity index (χ1n) is 7.04. The van der Waals surface area contributed by atoms with Gasteiger partial charge in [0.25, 0.3) is 0 Å². The molecular weight excluding hydrogens is 268 g/mol. The second-order valence-electron chi connectivity index (χ2n) is 6.22. The molecule has 0 aliphatic heterocycles. The van der Waals surface area contributed by atoms with Crippen LogP contribution >= 0.6 is 0 Å². The fraction of sp³-hybridized carbons (Fsp3) is 0.500. The Morgan fingerprint density at radius 2 is 1.81 bits per heavy atom. The van der Waals surface area contributed by atoms with E-state index in [-0.39, 0.29) is 18.3 Å². The van der Waals surface area contributed by atoms with E-state index in [1.165, 1.54) is 5.56 Å². The van der Waals surface area contributed by atoms with Crippen LogP contribution in [0.4, 0.5) is 0 Å². The Labute approximate surface area is 125 Å². The highest BCUT2D eigenvalue weighted by Crippen LogP contribution is 2.22. The van der Waals surface area contributed by atoms with Gasteiger partial charge in [0.15, 0.2) is 0 Å². The molecule has 1 aromatic rings. The summed E-state index contributed by atoms with van der Waals surface area (Å²) in [7, 11) is 0. The zero-order chi connectivity index (χ0) is 16.0. The van der Waals surface area contributed by atoms with Crippen molar-refractivity contribution in [2.24, 2.45) is 5.73 Å². The van der Waals surface area contributed by atoms with Gasteiger partial charge in [0, 0.05) is 13.0 Å². The van der Waals surface area contributed by atoms with Gasteiger partial charge in [-0.25, -0.2) is 0 Å². The van der Waals surface area contributed by atoms with Crippen molar-refractivity contribution < 1.29 is 14.7 Å². The van der Waals surface area contributed by atoms with Gasteiger partial charge in [-0.1, -0.05) is 45.0 Å². The second-order valence-corrected chi connectivity index (χ2v) is 6.22. The Morgan fingerprint density at radius 3 is 2.24 bits per heavy atom. The van der Waals surface area contributed by atoms with Gasteiger partial charge in [0.05, 0.1) is 0 Å². The summed E-state index contributed by atoms with van der Waals surface area (Å²) in [5.41, 5.74) is 7.38. The van der Waals surface area contributed by atoms with Crippen molar-refractivity contribution in [3.8, 4) is 0 Å². The summed E-state index contributed by atoms with van der Waals surface area (Å²) in [4.78, 5) is 21.8. The Morgan fingerprint density at radius 1 is 1.24 bits per heavy atom. The van der Waals surface area contributed by atoms with E-state index in [1.54, 1.807) is 0 Å². The third kappa shape index (κ3) is 5.95. The van der Waals surface area contributed by atoms with Gasteiger partial charge in [0.1, 0.15) is 6.04 Å². The van der Waals surface area contributed by atoms with Crippen LogP contribution in [-0.2, 0) is 21.5 Å². The molecule has 0 saturated carbocycles. The van der Waals surface area contributed by atoms with Crippen molar-refractivity contribution in [1.29, 1.82) is 0 Å². The van der Waals surface area contributed by atoms with E-state index >= 15 is 0 Å². The van der Waals surface area contributed by atoms with Crippen molar-refractivity contribution >= 4 is 11.9 Å². The smallest absolute Gasteiger partial charge is 0.320 e. The van der Waals surface area contributed by atoms with E-state index in [0.717, 1.165) is 5.56 Å². The molecule has 0 radical (unpaired) electrons. The van der Waals surface area contributed by atoms with Crippen LogP contribution in [0, 0.1) is 0 Å². The average Bonchev–Trinajstić information content (AvgIpc) is 2.37. The normalized spacial score (nSPS) is 12.9. The van der Waals surface area contributed by atoms with Gasteiger partial charge in [-0.05, 0) is 23.0 Å². The fourth-order valence-corrected chi connectivity index (χ4v) is 1.96. The molecule has 0 saturated heterocycles. The van der Waals surface area contributed by atoms with Crippen LogP contribution in [0.5, 0.6) is 0 Å². The first kappa shape index (κ1) is 17.2. The van der Waals surface area contributed by atoms with E-state index in [4.69, 9.17) is 10.8 Å². The number of carboxylic acids is 1. The lowest BCUT2D eigenvalue weighted by Gasteiger charge is -2.19. The lowest BCUT2D eigenvalue weighted by Crippen LogP contribution is -2.37. The van der Waals surface area contributed by atoms with Crippen molar-refractivity contribution in [3.63, 3.8) is 0 Å². The predicted octanol–water partition coefficient (Wildman–Crippen LogP) is 1.79. The number of nitrogens with one attached hydrogen (secondary N) is 1. The number of hydrogen-bond donors (Lipinski definition) is 3. The number of amides is 1. The molecule has 0 unspecified atom stereocenters. The highest BCUT2D eigenvalue weighted by Gasteiger charge is 2.17. The minimum atomic E-state index is -0.970. The summed E-state index contributed by atoms with van der Waals surface area (Å²) in [5.74, 6) is -1.46. The predicted molar refractivity (Wildman–Crippen MR) is 81.8 cm³/mol. The maximum absolute atomic E-state index is 11.1. The van der Waals surface area contributed by atoms with Crippen LogP contribution in [0.15, 0.2) is 24.3 Å². The largest absolute Gasteiger partial charge is 0.480 e. The highest BCUT2D eigenvalue weighted by molar-refractivity contribution is 5.77. The first-order chi connectivity index (χ1) is 9.70. The number of carboxylic acid groups (broad SMARTS) is 1. The summed E-state index contributed by atoms with van der Waals surface area (Å²) in [5, 5.41) is 12.0. The Bertz CT molecular complexity index is 489. The van der Waals surface area contributed by atoms with E-state index in [2.05, 4.69) is 38.2 Å². The zero-order valence-electron chi connectivity index (χ0n) is 12.8. The number of primary amides is 1. The maximum Gasteiger partial charge on any atom is 0.320 e. The van der Waals surface area contributed by atoms with Gasteiger partial charge in [-0.2, -0.15) is 0 Å². The number of nitrogens with two attached hydrogens (primary N) is 1. The second kappa shape index (κ2) is 7.22. The van der Waals surface area contributed by atoms with Crippen LogP contribution in [-0.4, -0.2) is 23.0 Å². The summed E-state index contributed by atoms with van der Waals surface area (Å²) in [6.45, 7) is 6.87. The molecule has 1 atom stereocenters. The molecule has 1 amide bonds. The minimum absolute atomic E-state index is 0.0624. The number of rotatable bonds is 7. The lowest BCUT2D eigenvalue weighted by atomic mass is 9.87. The number of aliphatic carboxylic acids is 1. The minimum Gasteiger partial charge on any atom is -0.480 e. The summed E-state index contributed by atoms with van der Waals surface area (Å²) in [6.07, 6.45) is 0.262. The molecule has 0 heterocycles. The molecule has 5 heteroatoms. The van der Waals surface area contributed by atoms with E-state index < -0.39 is 17.9 Å². The number of hydrogen-bond acceptors (Lipinski definition) is 3. The fourth-order valence-electron chi connectivity index (χ4n) is 1.96. The molecule has 0 fully saturated rings. The molecule has 0 aromatic heterocycles. The molecule has 21 heavy (non-hydrogen) atoms. The van der Waals surface area contributed by atoms with Crippen LogP contribution in [0.25, 0.3) is 0 Å². The average molecular weight is 292 g/mol. The molecule has 4 N–H and O–H groups in total. The van der Waals surface area contributed by atoms with Crippen LogP contribution in [0.1, 0.15) is 44.7 Å². The molecule has 0 spiro atoms. The van der Waals surface area contributed by atoms with Crippen molar-refractivity contribution in [2.45, 2.75) is 51.6 Å². The van der Waals surface area contributed by atoms with Crippen LogP contribution in [0.2, 0.25) is 0 Å². The molecule has 5 nitrogen and oxygen atoms in total. The Kier molecular flexibility index (Phi) is 5.90. The summed E-state index contributed by atoms with van der Waals surface area (Å²) < 4.78 is 0.